The highest BCUT2D eigenvalue weighted by atomic mass is 19.4. The summed E-state index contributed by atoms with van der Waals surface area (Å²) in [6.45, 7) is 0.402. The molecular weight excluding hydrogens is 279 g/mol. The molecule has 1 aliphatic carbocycles. The molecule has 3 N–H and O–H groups in total. The molecule has 2 unspecified atom stereocenters. The highest BCUT2D eigenvalue weighted by Crippen LogP contribution is 2.45. The Morgan fingerprint density at radius 2 is 2.00 bits per heavy atom. The Kier molecular flexibility index (Phi) is 3.65. The SMILES string of the molecule is NCc1ccc2nc(C3CCCCC3C(F)(F)F)[nH]c2c1. The number of imidazole rings is 1. The maximum absolute atomic E-state index is 13.2. The zero-order valence-electron chi connectivity index (χ0n) is 11.6. The van der Waals surface area contributed by atoms with E-state index in [9.17, 15) is 13.2 Å². The topological polar surface area (TPSA) is 54.7 Å². The van der Waals surface area contributed by atoms with Crippen LogP contribution in [-0.4, -0.2) is 16.1 Å². The van der Waals surface area contributed by atoms with E-state index < -0.39 is 18.0 Å². The van der Waals surface area contributed by atoms with Crippen molar-refractivity contribution in [3.63, 3.8) is 0 Å². The molecule has 0 amide bonds. The number of nitrogens with zero attached hydrogens (tertiary/aromatic N) is 1. The minimum Gasteiger partial charge on any atom is -0.342 e. The first kappa shape index (κ1) is 14.4. The molecule has 0 spiro atoms. The molecule has 3 nitrogen and oxygen atoms in total. The van der Waals surface area contributed by atoms with Gasteiger partial charge in [-0.15, -0.1) is 0 Å². The summed E-state index contributed by atoms with van der Waals surface area (Å²) in [5.41, 5.74) is 7.99. The molecule has 1 aliphatic rings. The summed E-state index contributed by atoms with van der Waals surface area (Å²) < 4.78 is 39.6. The number of nitrogens with one attached hydrogen (secondary N) is 1. The Hall–Kier alpha value is -1.56. The molecule has 0 bridgehead atoms. The number of alkyl halides is 3. The molecule has 2 aromatic rings. The normalized spacial score (nSPS) is 23.6. The second-order valence-electron chi connectivity index (χ2n) is 5.72. The molecule has 114 valence electrons. The highest BCUT2D eigenvalue weighted by molar-refractivity contribution is 5.76. The first-order chi connectivity index (χ1) is 9.99. The Balaban J connectivity index is 1.97. The molecule has 0 radical (unpaired) electrons. The van der Waals surface area contributed by atoms with Gasteiger partial charge in [-0.25, -0.2) is 4.98 Å². The highest BCUT2D eigenvalue weighted by Gasteiger charge is 2.46. The van der Waals surface area contributed by atoms with Gasteiger partial charge < -0.3 is 10.7 Å². The number of hydrogen-bond donors (Lipinski definition) is 2. The molecule has 1 saturated carbocycles. The number of fused-ring (bicyclic) bond motifs is 1. The first-order valence-electron chi connectivity index (χ1n) is 7.24. The second kappa shape index (κ2) is 5.33. The number of benzene rings is 1. The van der Waals surface area contributed by atoms with Crippen LogP contribution in [0.5, 0.6) is 0 Å². The summed E-state index contributed by atoms with van der Waals surface area (Å²) in [5.74, 6) is -1.39. The fraction of sp³-hybridized carbons (Fsp3) is 0.533. The summed E-state index contributed by atoms with van der Waals surface area (Å²) in [6, 6.07) is 5.52. The van der Waals surface area contributed by atoms with Crippen molar-refractivity contribution in [3.05, 3.63) is 29.6 Å². The van der Waals surface area contributed by atoms with Gasteiger partial charge in [0.15, 0.2) is 0 Å². The number of nitrogens with two attached hydrogens (primary N) is 1. The Bertz CT molecular complexity index is 633. The van der Waals surface area contributed by atoms with Crippen LogP contribution in [0.2, 0.25) is 0 Å². The van der Waals surface area contributed by atoms with Crippen LogP contribution in [0.25, 0.3) is 11.0 Å². The predicted octanol–water partition coefficient (Wildman–Crippen LogP) is 3.86. The van der Waals surface area contributed by atoms with Crippen LogP contribution >= 0.6 is 0 Å². The van der Waals surface area contributed by atoms with Crippen molar-refractivity contribution in [1.82, 2.24) is 9.97 Å². The van der Waals surface area contributed by atoms with Crippen molar-refractivity contribution in [3.8, 4) is 0 Å². The number of halogens is 3. The van der Waals surface area contributed by atoms with Gasteiger partial charge in [0.2, 0.25) is 0 Å². The van der Waals surface area contributed by atoms with E-state index in [0.29, 0.717) is 30.7 Å². The van der Waals surface area contributed by atoms with Crippen LogP contribution in [0.4, 0.5) is 13.2 Å². The van der Waals surface area contributed by atoms with Crippen LogP contribution in [0.3, 0.4) is 0 Å². The van der Waals surface area contributed by atoms with Gasteiger partial charge in [0.1, 0.15) is 5.82 Å². The summed E-state index contributed by atoms with van der Waals surface area (Å²) in [5, 5.41) is 0. The van der Waals surface area contributed by atoms with Gasteiger partial charge in [-0.3, -0.25) is 0 Å². The fourth-order valence-corrected chi connectivity index (χ4v) is 3.23. The zero-order valence-corrected chi connectivity index (χ0v) is 11.6. The standard InChI is InChI=1S/C15H18F3N3/c16-15(17,18)11-4-2-1-3-10(11)14-20-12-6-5-9(8-19)7-13(12)21-14/h5-7,10-11H,1-4,8,19H2,(H,20,21). The maximum atomic E-state index is 13.2. The minimum atomic E-state index is -4.16. The molecule has 3 rings (SSSR count). The van der Waals surface area contributed by atoms with Gasteiger partial charge in [0.05, 0.1) is 17.0 Å². The molecule has 1 aromatic heterocycles. The quantitative estimate of drug-likeness (QED) is 0.884. The van der Waals surface area contributed by atoms with E-state index >= 15 is 0 Å². The first-order valence-corrected chi connectivity index (χ1v) is 7.24. The molecule has 2 atom stereocenters. The number of aromatic nitrogens is 2. The van der Waals surface area contributed by atoms with E-state index in [1.807, 2.05) is 18.2 Å². The van der Waals surface area contributed by atoms with E-state index in [1.54, 1.807) is 0 Å². The van der Waals surface area contributed by atoms with Crippen molar-refractivity contribution < 1.29 is 13.2 Å². The molecule has 6 heteroatoms. The van der Waals surface area contributed by atoms with Crippen molar-refractivity contribution in [2.45, 2.75) is 44.3 Å². The van der Waals surface area contributed by atoms with Crippen LogP contribution in [-0.2, 0) is 6.54 Å². The second-order valence-corrected chi connectivity index (χ2v) is 5.72. The Morgan fingerprint density at radius 3 is 2.71 bits per heavy atom. The third-order valence-electron chi connectivity index (χ3n) is 4.34. The van der Waals surface area contributed by atoms with Crippen LogP contribution in [0.15, 0.2) is 18.2 Å². The molecule has 21 heavy (non-hydrogen) atoms. The van der Waals surface area contributed by atoms with Gasteiger partial charge in [-0.1, -0.05) is 18.9 Å². The fourth-order valence-electron chi connectivity index (χ4n) is 3.23. The van der Waals surface area contributed by atoms with Crippen molar-refractivity contribution in [2.24, 2.45) is 11.7 Å². The maximum Gasteiger partial charge on any atom is 0.392 e. The number of rotatable bonds is 2. The van der Waals surface area contributed by atoms with Crippen molar-refractivity contribution in [1.29, 1.82) is 0 Å². The summed E-state index contributed by atoms with van der Waals surface area (Å²) in [4.78, 5) is 7.45. The van der Waals surface area contributed by atoms with Crippen LogP contribution < -0.4 is 5.73 Å². The molecule has 1 aromatic carbocycles. The smallest absolute Gasteiger partial charge is 0.342 e. The van der Waals surface area contributed by atoms with E-state index in [-0.39, 0.29) is 6.42 Å². The van der Waals surface area contributed by atoms with Gasteiger partial charge in [0.25, 0.3) is 0 Å². The van der Waals surface area contributed by atoms with E-state index in [0.717, 1.165) is 17.5 Å². The number of aromatic amines is 1. The predicted molar refractivity (Wildman–Crippen MR) is 74.7 cm³/mol. The van der Waals surface area contributed by atoms with Crippen molar-refractivity contribution >= 4 is 11.0 Å². The molecular formula is C15H18F3N3. The third kappa shape index (κ3) is 2.77. The Morgan fingerprint density at radius 1 is 1.24 bits per heavy atom. The van der Waals surface area contributed by atoms with E-state index in [2.05, 4.69) is 9.97 Å². The van der Waals surface area contributed by atoms with E-state index in [1.165, 1.54) is 0 Å². The average molecular weight is 297 g/mol. The lowest BCUT2D eigenvalue weighted by Crippen LogP contribution is -2.32. The lowest BCUT2D eigenvalue weighted by molar-refractivity contribution is -0.187. The van der Waals surface area contributed by atoms with Gasteiger partial charge >= 0.3 is 6.18 Å². The van der Waals surface area contributed by atoms with Crippen LogP contribution in [0, 0.1) is 5.92 Å². The van der Waals surface area contributed by atoms with Gasteiger partial charge in [-0.2, -0.15) is 13.2 Å². The third-order valence-corrected chi connectivity index (χ3v) is 4.34. The Labute approximate surface area is 120 Å². The van der Waals surface area contributed by atoms with E-state index in [4.69, 9.17) is 5.73 Å². The summed E-state index contributed by atoms with van der Waals surface area (Å²) >= 11 is 0. The summed E-state index contributed by atoms with van der Waals surface area (Å²) in [7, 11) is 0. The number of hydrogen-bond acceptors (Lipinski definition) is 2. The lowest BCUT2D eigenvalue weighted by atomic mass is 9.78. The zero-order chi connectivity index (χ0) is 15.0. The molecule has 1 fully saturated rings. The molecule has 0 saturated heterocycles. The van der Waals surface area contributed by atoms with Crippen molar-refractivity contribution in [2.75, 3.05) is 0 Å². The lowest BCUT2D eigenvalue weighted by Gasteiger charge is -2.31. The monoisotopic (exact) mass is 297 g/mol. The molecule has 1 heterocycles. The van der Waals surface area contributed by atoms with Crippen LogP contribution in [0.1, 0.15) is 43.0 Å². The largest absolute Gasteiger partial charge is 0.392 e. The summed E-state index contributed by atoms with van der Waals surface area (Å²) in [6.07, 6.45) is -1.97. The molecule has 0 aliphatic heterocycles. The van der Waals surface area contributed by atoms with Gasteiger partial charge in [0, 0.05) is 12.5 Å². The minimum absolute atomic E-state index is 0.194. The number of H-pyrrole nitrogens is 1. The average Bonchev–Trinajstić information content (AvgIpc) is 2.89. The van der Waals surface area contributed by atoms with Gasteiger partial charge in [-0.05, 0) is 30.5 Å².